The Morgan fingerprint density at radius 3 is 2.52 bits per heavy atom. The summed E-state index contributed by atoms with van der Waals surface area (Å²) in [5.41, 5.74) is 4.16. The molecular formula is C20H22N2O3. The van der Waals surface area contributed by atoms with E-state index in [-0.39, 0.29) is 11.5 Å². The highest BCUT2D eigenvalue weighted by atomic mass is 16.4. The molecule has 2 aromatic rings. The average molecular weight is 338 g/mol. The van der Waals surface area contributed by atoms with Crippen molar-refractivity contribution in [1.82, 2.24) is 5.32 Å². The lowest BCUT2D eigenvalue weighted by Crippen LogP contribution is -2.24. The van der Waals surface area contributed by atoms with Crippen LogP contribution in [-0.2, 0) is 6.42 Å². The zero-order valence-electron chi connectivity index (χ0n) is 14.3. The number of carbonyl (C=O) groups excluding carboxylic acids is 1. The number of carbonyl (C=O) groups is 2. The van der Waals surface area contributed by atoms with Crippen LogP contribution >= 0.6 is 0 Å². The van der Waals surface area contributed by atoms with Crippen LogP contribution < -0.4 is 10.2 Å². The maximum atomic E-state index is 12.2. The average Bonchev–Trinajstić information content (AvgIpc) is 3.05. The van der Waals surface area contributed by atoms with Crippen molar-refractivity contribution in [1.29, 1.82) is 0 Å². The third-order valence-electron chi connectivity index (χ3n) is 4.48. The molecule has 1 aliphatic rings. The minimum absolute atomic E-state index is 0.0273. The van der Waals surface area contributed by atoms with E-state index < -0.39 is 5.97 Å². The molecule has 3 rings (SSSR count). The number of rotatable bonds is 6. The number of carboxylic acid groups (broad SMARTS) is 1. The predicted octanol–water partition coefficient (Wildman–Crippen LogP) is 3.61. The predicted molar refractivity (Wildman–Crippen MR) is 97.8 cm³/mol. The van der Waals surface area contributed by atoms with E-state index in [1.165, 1.54) is 0 Å². The Kier molecular flexibility index (Phi) is 5.03. The number of amides is 1. The number of unbranched alkanes of at least 4 members (excludes halogenated alkanes) is 1. The van der Waals surface area contributed by atoms with Crippen molar-refractivity contribution < 1.29 is 14.7 Å². The van der Waals surface area contributed by atoms with Gasteiger partial charge in [-0.3, -0.25) is 4.79 Å². The lowest BCUT2D eigenvalue weighted by atomic mass is 10.1. The SMILES string of the molecule is CCCCNC(=O)c1ccc2c(c1)CCN2c1ccc(C(=O)O)cc1. The molecule has 0 radical (unpaired) electrons. The number of hydrogen-bond acceptors (Lipinski definition) is 3. The van der Waals surface area contributed by atoms with Crippen LogP contribution in [0.1, 0.15) is 46.0 Å². The van der Waals surface area contributed by atoms with Gasteiger partial charge >= 0.3 is 5.97 Å². The minimum Gasteiger partial charge on any atom is -0.478 e. The van der Waals surface area contributed by atoms with Crippen LogP contribution in [0, 0.1) is 0 Å². The number of nitrogens with one attached hydrogen (secondary N) is 1. The first-order valence-corrected chi connectivity index (χ1v) is 8.62. The molecule has 0 aliphatic carbocycles. The highest BCUT2D eigenvalue weighted by molar-refractivity contribution is 5.95. The third-order valence-corrected chi connectivity index (χ3v) is 4.48. The van der Waals surface area contributed by atoms with Crippen LogP contribution in [0.2, 0.25) is 0 Å². The Morgan fingerprint density at radius 1 is 1.12 bits per heavy atom. The summed E-state index contributed by atoms with van der Waals surface area (Å²) in [6.45, 7) is 3.62. The van der Waals surface area contributed by atoms with Crippen LogP contribution in [-0.4, -0.2) is 30.1 Å². The van der Waals surface area contributed by atoms with Crippen LogP contribution in [0.15, 0.2) is 42.5 Å². The van der Waals surface area contributed by atoms with Gasteiger partial charge in [0.1, 0.15) is 0 Å². The van der Waals surface area contributed by atoms with E-state index in [1.54, 1.807) is 12.1 Å². The van der Waals surface area contributed by atoms with Gasteiger partial charge in [-0.15, -0.1) is 0 Å². The number of fused-ring (bicyclic) bond motifs is 1. The molecule has 0 spiro atoms. The summed E-state index contributed by atoms with van der Waals surface area (Å²) in [6.07, 6.45) is 2.91. The summed E-state index contributed by atoms with van der Waals surface area (Å²) in [5.74, 6) is -0.951. The molecule has 1 amide bonds. The second kappa shape index (κ2) is 7.38. The first kappa shape index (κ1) is 17.0. The summed E-state index contributed by atoms with van der Waals surface area (Å²) in [7, 11) is 0. The fourth-order valence-electron chi connectivity index (χ4n) is 3.08. The Hall–Kier alpha value is -2.82. The number of anilines is 2. The van der Waals surface area contributed by atoms with Gasteiger partial charge in [0.15, 0.2) is 0 Å². The zero-order valence-corrected chi connectivity index (χ0v) is 14.3. The fraction of sp³-hybridized carbons (Fsp3) is 0.300. The van der Waals surface area contributed by atoms with Crippen molar-refractivity contribution in [3.8, 4) is 0 Å². The fourth-order valence-corrected chi connectivity index (χ4v) is 3.08. The van der Waals surface area contributed by atoms with Crippen LogP contribution in [0.25, 0.3) is 0 Å². The molecule has 0 fully saturated rings. The largest absolute Gasteiger partial charge is 0.478 e. The number of benzene rings is 2. The smallest absolute Gasteiger partial charge is 0.335 e. The Labute approximate surface area is 147 Å². The Morgan fingerprint density at radius 2 is 1.84 bits per heavy atom. The van der Waals surface area contributed by atoms with E-state index in [0.29, 0.717) is 12.1 Å². The van der Waals surface area contributed by atoms with Gasteiger partial charge in [0.25, 0.3) is 5.91 Å². The molecule has 5 heteroatoms. The van der Waals surface area contributed by atoms with E-state index in [1.807, 2.05) is 30.3 Å². The van der Waals surface area contributed by atoms with Gasteiger partial charge < -0.3 is 15.3 Å². The Bertz CT molecular complexity index is 784. The third kappa shape index (κ3) is 3.65. The van der Waals surface area contributed by atoms with E-state index in [0.717, 1.165) is 42.7 Å². The second-order valence-corrected chi connectivity index (χ2v) is 6.21. The van der Waals surface area contributed by atoms with Crippen molar-refractivity contribution in [2.75, 3.05) is 18.0 Å². The molecule has 2 N–H and O–H groups in total. The highest BCUT2D eigenvalue weighted by Crippen LogP contribution is 2.35. The molecule has 0 saturated carbocycles. The number of hydrogen-bond donors (Lipinski definition) is 2. The molecule has 0 aromatic heterocycles. The lowest BCUT2D eigenvalue weighted by Gasteiger charge is -2.20. The topological polar surface area (TPSA) is 69.6 Å². The monoisotopic (exact) mass is 338 g/mol. The van der Waals surface area contributed by atoms with Crippen molar-refractivity contribution in [2.24, 2.45) is 0 Å². The number of carboxylic acids is 1. The molecule has 0 atom stereocenters. The van der Waals surface area contributed by atoms with Crippen molar-refractivity contribution >= 4 is 23.3 Å². The standard InChI is InChI=1S/C20H22N2O3/c1-2-3-11-21-19(23)16-6-9-18-15(13-16)10-12-22(18)17-7-4-14(5-8-17)20(24)25/h4-9,13H,2-3,10-12H2,1H3,(H,21,23)(H,24,25). The van der Waals surface area contributed by atoms with E-state index in [9.17, 15) is 9.59 Å². The molecule has 1 heterocycles. The van der Waals surface area contributed by atoms with Crippen molar-refractivity contribution in [3.05, 3.63) is 59.2 Å². The second-order valence-electron chi connectivity index (χ2n) is 6.21. The number of aromatic carboxylic acids is 1. The molecule has 130 valence electrons. The number of nitrogens with zero attached hydrogens (tertiary/aromatic N) is 1. The molecule has 25 heavy (non-hydrogen) atoms. The molecular weight excluding hydrogens is 316 g/mol. The first-order valence-electron chi connectivity index (χ1n) is 8.62. The van der Waals surface area contributed by atoms with Gasteiger partial charge in [-0.1, -0.05) is 13.3 Å². The van der Waals surface area contributed by atoms with Gasteiger partial charge in [-0.05, 0) is 60.9 Å². The maximum absolute atomic E-state index is 12.2. The summed E-state index contributed by atoms with van der Waals surface area (Å²) in [6, 6.07) is 12.7. The van der Waals surface area contributed by atoms with Gasteiger partial charge in [0.2, 0.25) is 0 Å². The molecule has 0 saturated heterocycles. The van der Waals surface area contributed by atoms with Gasteiger partial charge in [-0.25, -0.2) is 4.79 Å². The summed E-state index contributed by atoms with van der Waals surface area (Å²) >= 11 is 0. The maximum Gasteiger partial charge on any atom is 0.335 e. The van der Waals surface area contributed by atoms with Gasteiger partial charge in [0.05, 0.1) is 5.56 Å². The summed E-state index contributed by atoms with van der Waals surface area (Å²) in [5, 5.41) is 11.9. The van der Waals surface area contributed by atoms with Gasteiger partial charge in [-0.2, -0.15) is 0 Å². The van der Waals surface area contributed by atoms with Gasteiger partial charge in [0, 0.05) is 30.0 Å². The van der Waals surface area contributed by atoms with Crippen molar-refractivity contribution in [2.45, 2.75) is 26.2 Å². The van der Waals surface area contributed by atoms with Crippen LogP contribution in [0.5, 0.6) is 0 Å². The lowest BCUT2D eigenvalue weighted by molar-refractivity contribution is 0.0696. The summed E-state index contributed by atoms with van der Waals surface area (Å²) < 4.78 is 0. The Balaban J connectivity index is 1.77. The quantitative estimate of drug-likeness (QED) is 0.790. The normalized spacial score (nSPS) is 12.8. The minimum atomic E-state index is -0.924. The highest BCUT2D eigenvalue weighted by Gasteiger charge is 2.22. The van der Waals surface area contributed by atoms with Crippen LogP contribution in [0.3, 0.4) is 0 Å². The molecule has 1 aliphatic heterocycles. The zero-order chi connectivity index (χ0) is 17.8. The molecule has 0 unspecified atom stereocenters. The van der Waals surface area contributed by atoms with Crippen molar-refractivity contribution in [3.63, 3.8) is 0 Å². The molecule has 0 bridgehead atoms. The molecule has 2 aromatic carbocycles. The van der Waals surface area contributed by atoms with Crippen LogP contribution in [0.4, 0.5) is 11.4 Å². The van der Waals surface area contributed by atoms with E-state index >= 15 is 0 Å². The first-order chi connectivity index (χ1) is 12.1. The molecule has 5 nitrogen and oxygen atoms in total. The van der Waals surface area contributed by atoms with E-state index in [4.69, 9.17) is 5.11 Å². The summed E-state index contributed by atoms with van der Waals surface area (Å²) in [4.78, 5) is 25.3. The van der Waals surface area contributed by atoms with E-state index in [2.05, 4.69) is 17.1 Å².